The number of aryl methyl sites for hydroxylation is 1. The molecule has 0 bridgehead atoms. The molecule has 1 aromatic heterocycles. The number of fused-ring (bicyclic) bond motifs is 1. The summed E-state index contributed by atoms with van der Waals surface area (Å²) in [6, 6.07) is 26.0. The average molecular weight is 343 g/mol. The molecule has 0 N–H and O–H groups in total. The van der Waals surface area contributed by atoms with Crippen LogP contribution in [0.4, 0.5) is 4.39 Å². The summed E-state index contributed by atoms with van der Waals surface area (Å²) in [5.41, 5.74) is 2.81. The molecule has 128 valence electrons. The standard InChI is InChI=1S/C23H18FNO/c24-20-12-10-18(11-13-20)22-16-19-8-4-5-9-21(19)23(26)25(22)15-14-17-6-2-1-3-7-17/h1-13,16H,14-15H2. The number of nitrogens with zero attached hydrogens (tertiary/aromatic N) is 1. The second kappa shape index (κ2) is 6.96. The number of rotatable bonds is 4. The Bertz CT molecular complexity index is 1100. The summed E-state index contributed by atoms with van der Waals surface area (Å²) in [7, 11) is 0. The quantitative estimate of drug-likeness (QED) is 0.508. The van der Waals surface area contributed by atoms with Gasteiger partial charge in [0.1, 0.15) is 5.82 Å². The fourth-order valence-corrected chi connectivity index (χ4v) is 3.27. The topological polar surface area (TPSA) is 22.0 Å². The summed E-state index contributed by atoms with van der Waals surface area (Å²) in [6.07, 6.45) is 0.757. The van der Waals surface area contributed by atoms with Gasteiger partial charge in [0.05, 0.1) is 5.69 Å². The van der Waals surface area contributed by atoms with E-state index in [1.807, 2.05) is 48.5 Å². The van der Waals surface area contributed by atoms with Crippen LogP contribution < -0.4 is 5.56 Å². The molecule has 0 fully saturated rings. The summed E-state index contributed by atoms with van der Waals surface area (Å²) in [5, 5.41) is 1.60. The number of aromatic nitrogens is 1. The highest BCUT2D eigenvalue weighted by atomic mass is 19.1. The van der Waals surface area contributed by atoms with Crippen molar-refractivity contribution in [3.05, 3.63) is 107 Å². The van der Waals surface area contributed by atoms with E-state index in [0.29, 0.717) is 11.9 Å². The zero-order valence-electron chi connectivity index (χ0n) is 14.2. The van der Waals surface area contributed by atoms with Gasteiger partial charge in [-0.15, -0.1) is 0 Å². The fourth-order valence-electron chi connectivity index (χ4n) is 3.27. The minimum absolute atomic E-state index is 0.0154. The minimum Gasteiger partial charge on any atom is -0.307 e. The molecule has 0 saturated heterocycles. The second-order valence-corrected chi connectivity index (χ2v) is 6.32. The predicted molar refractivity (Wildman–Crippen MR) is 104 cm³/mol. The van der Waals surface area contributed by atoms with E-state index in [-0.39, 0.29) is 11.4 Å². The van der Waals surface area contributed by atoms with Crippen molar-refractivity contribution in [2.24, 2.45) is 0 Å². The van der Waals surface area contributed by atoms with Gasteiger partial charge in [0.2, 0.25) is 0 Å². The van der Waals surface area contributed by atoms with Crippen molar-refractivity contribution in [3.63, 3.8) is 0 Å². The zero-order chi connectivity index (χ0) is 17.9. The van der Waals surface area contributed by atoms with Crippen LogP contribution in [0.25, 0.3) is 22.0 Å². The van der Waals surface area contributed by atoms with Gasteiger partial charge in [0.15, 0.2) is 0 Å². The maximum Gasteiger partial charge on any atom is 0.258 e. The van der Waals surface area contributed by atoms with Crippen molar-refractivity contribution in [3.8, 4) is 11.3 Å². The number of pyridine rings is 1. The van der Waals surface area contributed by atoms with Crippen molar-refractivity contribution >= 4 is 10.8 Å². The molecule has 0 amide bonds. The Morgan fingerprint density at radius 3 is 2.27 bits per heavy atom. The first kappa shape index (κ1) is 16.3. The Morgan fingerprint density at radius 2 is 1.50 bits per heavy atom. The monoisotopic (exact) mass is 343 g/mol. The largest absolute Gasteiger partial charge is 0.307 e. The molecule has 3 heteroatoms. The van der Waals surface area contributed by atoms with Gasteiger partial charge in [0.25, 0.3) is 5.56 Å². The summed E-state index contributed by atoms with van der Waals surface area (Å²) in [5.74, 6) is -0.285. The van der Waals surface area contributed by atoms with Gasteiger partial charge >= 0.3 is 0 Å². The molecule has 26 heavy (non-hydrogen) atoms. The maximum atomic E-state index is 13.3. The molecule has 4 aromatic rings. The molecule has 0 unspecified atom stereocenters. The Balaban J connectivity index is 1.85. The van der Waals surface area contributed by atoms with Crippen LogP contribution in [0.1, 0.15) is 5.56 Å². The van der Waals surface area contributed by atoms with Crippen LogP contribution in [0.3, 0.4) is 0 Å². The Kier molecular flexibility index (Phi) is 4.36. The van der Waals surface area contributed by atoms with Gasteiger partial charge in [-0.2, -0.15) is 0 Å². The van der Waals surface area contributed by atoms with Crippen LogP contribution >= 0.6 is 0 Å². The summed E-state index contributed by atoms with van der Waals surface area (Å²) in [4.78, 5) is 13.1. The Labute approximate surface area is 151 Å². The molecule has 3 aromatic carbocycles. The van der Waals surface area contributed by atoms with Gasteiger partial charge in [-0.05, 0) is 59.3 Å². The van der Waals surface area contributed by atoms with Crippen LogP contribution in [-0.4, -0.2) is 4.57 Å². The molecule has 4 rings (SSSR count). The van der Waals surface area contributed by atoms with Crippen molar-refractivity contribution in [2.45, 2.75) is 13.0 Å². The number of halogens is 1. The Morgan fingerprint density at radius 1 is 0.808 bits per heavy atom. The predicted octanol–water partition coefficient (Wildman–Crippen LogP) is 5.05. The van der Waals surface area contributed by atoms with Crippen LogP contribution in [-0.2, 0) is 13.0 Å². The van der Waals surface area contributed by atoms with Gasteiger partial charge in [-0.1, -0.05) is 48.5 Å². The van der Waals surface area contributed by atoms with E-state index in [1.165, 1.54) is 17.7 Å². The zero-order valence-corrected chi connectivity index (χ0v) is 14.2. The van der Waals surface area contributed by atoms with Gasteiger partial charge in [-0.3, -0.25) is 4.79 Å². The SMILES string of the molecule is O=c1c2ccccc2cc(-c2ccc(F)cc2)n1CCc1ccccc1. The minimum atomic E-state index is -0.285. The smallest absolute Gasteiger partial charge is 0.258 e. The average Bonchev–Trinajstić information content (AvgIpc) is 2.69. The maximum absolute atomic E-state index is 13.3. The summed E-state index contributed by atoms with van der Waals surface area (Å²) in [6.45, 7) is 0.570. The molecule has 0 aliphatic rings. The molecule has 0 aliphatic carbocycles. The number of benzene rings is 3. The third kappa shape index (κ3) is 3.16. The van der Waals surface area contributed by atoms with E-state index in [9.17, 15) is 9.18 Å². The van der Waals surface area contributed by atoms with Gasteiger partial charge in [-0.25, -0.2) is 4.39 Å². The van der Waals surface area contributed by atoms with Crippen LogP contribution in [0.5, 0.6) is 0 Å². The number of hydrogen-bond donors (Lipinski definition) is 0. The molecule has 0 radical (unpaired) electrons. The first-order chi connectivity index (χ1) is 12.7. The van der Waals surface area contributed by atoms with E-state index < -0.39 is 0 Å². The van der Waals surface area contributed by atoms with Gasteiger partial charge in [0, 0.05) is 11.9 Å². The third-order valence-corrected chi connectivity index (χ3v) is 4.63. The first-order valence-electron chi connectivity index (χ1n) is 8.65. The molecule has 1 heterocycles. The van der Waals surface area contributed by atoms with E-state index in [1.54, 1.807) is 16.7 Å². The van der Waals surface area contributed by atoms with E-state index >= 15 is 0 Å². The lowest BCUT2D eigenvalue weighted by Crippen LogP contribution is -2.23. The van der Waals surface area contributed by atoms with Crippen molar-refractivity contribution in [2.75, 3.05) is 0 Å². The highest BCUT2D eigenvalue weighted by Crippen LogP contribution is 2.23. The normalized spacial score (nSPS) is 11.0. The lowest BCUT2D eigenvalue weighted by molar-refractivity contribution is 0.627. The van der Waals surface area contributed by atoms with Crippen molar-refractivity contribution in [1.29, 1.82) is 0 Å². The molecule has 0 saturated carbocycles. The van der Waals surface area contributed by atoms with E-state index in [4.69, 9.17) is 0 Å². The van der Waals surface area contributed by atoms with Crippen LogP contribution in [0, 0.1) is 5.82 Å². The highest BCUT2D eigenvalue weighted by Gasteiger charge is 2.11. The molecule has 0 aliphatic heterocycles. The fraction of sp³-hybridized carbons (Fsp3) is 0.0870. The van der Waals surface area contributed by atoms with Crippen molar-refractivity contribution in [1.82, 2.24) is 4.57 Å². The molecular formula is C23H18FNO. The van der Waals surface area contributed by atoms with Crippen LogP contribution in [0.15, 0.2) is 89.7 Å². The van der Waals surface area contributed by atoms with Crippen LogP contribution in [0.2, 0.25) is 0 Å². The Hall–Kier alpha value is -3.20. The van der Waals surface area contributed by atoms with Crippen molar-refractivity contribution < 1.29 is 4.39 Å². The first-order valence-corrected chi connectivity index (χ1v) is 8.65. The van der Waals surface area contributed by atoms with E-state index in [2.05, 4.69) is 12.1 Å². The summed E-state index contributed by atoms with van der Waals surface area (Å²) >= 11 is 0. The molecule has 0 spiro atoms. The molecule has 0 atom stereocenters. The highest BCUT2D eigenvalue weighted by molar-refractivity contribution is 5.85. The molecule has 2 nitrogen and oxygen atoms in total. The lowest BCUT2D eigenvalue weighted by atomic mass is 10.1. The third-order valence-electron chi connectivity index (χ3n) is 4.63. The molecular weight excluding hydrogens is 325 g/mol. The number of hydrogen-bond acceptors (Lipinski definition) is 1. The lowest BCUT2D eigenvalue weighted by Gasteiger charge is -2.15. The summed E-state index contributed by atoms with van der Waals surface area (Å²) < 4.78 is 15.1. The second-order valence-electron chi connectivity index (χ2n) is 6.32. The van der Waals surface area contributed by atoms with E-state index in [0.717, 1.165) is 23.1 Å². The van der Waals surface area contributed by atoms with Gasteiger partial charge < -0.3 is 4.57 Å².